The zero-order valence-corrected chi connectivity index (χ0v) is 20.0. The van der Waals surface area contributed by atoms with Crippen molar-refractivity contribution in [1.82, 2.24) is 14.4 Å². The molecule has 1 aromatic carbocycles. The maximum absolute atomic E-state index is 13.7. The summed E-state index contributed by atoms with van der Waals surface area (Å²) in [7, 11) is 2.25. The number of nitrogens with zero attached hydrogens (tertiary/aromatic N) is 3. The van der Waals surface area contributed by atoms with Crippen LogP contribution in [-0.2, 0) is 11.2 Å². The third-order valence-corrected chi connectivity index (χ3v) is 8.51. The van der Waals surface area contributed by atoms with Crippen LogP contribution in [0.25, 0.3) is 10.9 Å². The molecule has 0 bridgehead atoms. The van der Waals surface area contributed by atoms with Crippen LogP contribution in [0.1, 0.15) is 76.5 Å². The Hall–Kier alpha value is -1.81. The van der Waals surface area contributed by atoms with Crippen LogP contribution in [0.4, 0.5) is 0 Å². The van der Waals surface area contributed by atoms with Crippen molar-refractivity contribution in [1.29, 1.82) is 0 Å². The van der Waals surface area contributed by atoms with E-state index >= 15 is 0 Å². The number of aromatic nitrogens is 1. The third-order valence-electron chi connectivity index (χ3n) is 8.51. The van der Waals surface area contributed by atoms with E-state index in [9.17, 15) is 4.79 Å². The van der Waals surface area contributed by atoms with Crippen LogP contribution in [0.2, 0.25) is 0 Å². The zero-order valence-electron chi connectivity index (χ0n) is 20.0. The van der Waals surface area contributed by atoms with Crippen LogP contribution in [0.15, 0.2) is 24.4 Å². The van der Waals surface area contributed by atoms with Gasteiger partial charge in [0.25, 0.3) is 0 Å². The molecule has 4 heteroatoms. The summed E-state index contributed by atoms with van der Waals surface area (Å²) in [5, 5.41) is 1.47. The van der Waals surface area contributed by atoms with Crippen LogP contribution in [0, 0.1) is 11.8 Å². The van der Waals surface area contributed by atoms with E-state index in [4.69, 9.17) is 0 Å². The Morgan fingerprint density at radius 1 is 1.23 bits per heavy atom. The fourth-order valence-electron chi connectivity index (χ4n) is 6.97. The van der Waals surface area contributed by atoms with Gasteiger partial charge in [0.2, 0.25) is 5.91 Å². The molecule has 2 heterocycles. The molecule has 1 amide bonds. The Balaban J connectivity index is 1.46. The predicted octanol–water partition coefficient (Wildman–Crippen LogP) is 5.22. The van der Waals surface area contributed by atoms with E-state index < -0.39 is 0 Å². The number of rotatable bonds is 4. The highest BCUT2D eigenvalue weighted by atomic mass is 16.2. The number of likely N-dealkylation sites (tertiary alicyclic amines) is 1. The SMILES string of the molecule is CCN(C(=O)[C@@H]1CC2c3cccc4c3c(cn4C(C)C)C[C@H]2N(C)C1)C1CCC(C)C1. The standard InChI is InChI=1S/C27H39N3O/c1-6-29(21-11-10-18(4)12-21)27(31)20-13-23-22-8-7-9-24-26(22)19(16-30(24)17(2)3)14-25(23)28(5)15-20/h7-9,16-18,20-21,23,25H,6,10-15H2,1-5H3/t18?,20-,21?,23?,25-/m1/s1. The molecule has 4 nitrogen and oxygen atoms in total. The lowest BCUT2D eigenvalue weighted by Gasteiger charge is -2.46. The predicted molar refractivity (Wildman–Crippen MR) is 127 cm³/mol. The second-order valence-corrected chi connectivity index (χ2v) is 10.8. The van der Waals surface area contributed by atoms with Crippen LogP contribution in [0.5, 0.6) is 0 Å². The van der Waals surface area contributed by atoms with E-state index in [-0.39, 0.29) is 5.92 Å². The summed E-state index contributed by atoms with van der Waals surface area (Å²) in [4.78, 5) is 18.4. The largest absolute Gasteiger partial charge is 0.345 e. The molecule has 0 spiro atoms. The van der Waals surface area contributed by atoms with Crippen molar-refractivity contribution >= 4 is 16.8 Å². The number of amides is 1. The Bertz CT molecular complexity index is 976. The van der Waals surface area contributed by atoms with Gasteiger partial charge in [-0.25, -0.2) is 0 Å². The average molecular weight is 422 g/mol. The molecule has 1 saturated carbocycles. The third kappa shape index (κ3) is 3.42. The van der Waals surface area contributed by atoms with Crippen LogP contribution >= 0.6 is 0 Å². The summed E-state index contributed by atoms with van der Waals surface area (Å²) >= 11 is 0. The van der Waals surface area contributed by atoms with Gasteiger partial charge in [-0.2, -0.15) is 0 Å². The first-order valence-corrected chi connectivity index (χ1v) is 12.5. The van der Waals surface area contributed by atoms with E-state index in [1.807, 2.05) is 0 Å². The summed E-state index contributed by atoms with van der Waals surface area (Å²) in [6.07, 6.45) is 8.12. The molecule has 5 rings (SSSR count). The summed E-state index contributed by atoms with van der Waals surface area (Å²) in [5.41, 5.74) is 4.34. The summed E-state index contributed by atoms with van der Waals surface area (Å²) in [5.74, 6) is 1.73. The lowest BCUT2D eigenvalue weighted by molar-refractivity contribution is -0.140. The fraction of sp³-hybridized carbons (Fsp3) is 0.667. The summed E-state index contributed by atoms with van der Waals surface area (Å²) < 4.78 is 2.44. The maximum atomic E-state index is 13.7. The normalized spacial score (nSPS) is 30.7. The van der Waals surface area contributed by atoms with Crippen LogP contribution in [0.3, 0.4) is 0 Å². The summed E-state index contributed by atoms with van der Waals surface area (Å²) in [6, 6.07) is 8.27. The topological polar surface area (TPSA) is 28.5 Å². The first kappa shape index (κ1) is 21.1. The molecule has 1 aliphatic heterocycles. The van der Waals surface area contributed by atoms with E-state index in [1.54, 1.807) is 0 Å². The minimum atomic E-state index is 0.117. The zero-order chi connectivity index (χ0) is 21.9. The molecule has 0 radical (unpaired) electrons. The minimum Gasteiger partial charge on any atom is -0.345 e. The number of fused-ring (bicyclic) bond motifs is 2. The first-order valence-electron chi connectivity index (χ1n) is 12.5. The number of likely N-dealkylation sites (N-methyl/N-ethyl adjacent to an activating group) is 1. The van der Waals surface area contributed by atoms with Crippen molar-refractivity contribution in [2.24, 2.45) is 11.8 Å². The smallest absolute Gasteiger partial charge is 0.227 e. The number of carbonyl (C=O) groups excluding carboxylic acids is 1. The maximum Gasteiger partial charge on any atom is 0.227 e. The number of carbonyl (C=O) groups is 1. The van der Waals surface area contributed by atoms with Gasteiger partial charge in [0.15, 0.2) is 0 Å². The monoisotopic (exact) mass is 421 g/mol. The first-order chi connectivity index (χ1) is 14.9. The quantitative estimate of drug-likeness (QED) is 0.677. The molecule has 2 aliphatic carbocycles. The van der Waals surface area contributed by atoms with Crippen molar-refractivity contribution in [3.63, 3.8) is 0 Å². The Labute approximate surface area is 187 Å². The number of benzene rings is 1. The van der Waals surface area contributed by atoms with E-state index in [0.29, 0.717) is 30.0 Å². The van der Waals surface area contributed by atoms with E-state index in [2.05, 4.69) is 73.5 Å². The van der Waals surface area contributed by atoms with E-state index in [1.165, 1.54) is 41.3 Å². The van der Waals surface area contributed by atoms with Gasteiger partial charge in [0.05, 0.1) is 5.92 Å². The minimum absolute atomic E-state index is 0.117. The van der Waals surface area contributed by atoms with Crippen molar-refractivity contribution < 1.29 is 4.79 Å². The molecule has 31 heavy (non-hydrogen) atoms. The highest BCUT2D eigenvalue weighted by Gasteiger charge is 2.43. The van der Waals surface area contributed by atoms with E-state index in [0.717, 1.165) is 31.8 Å². The van der Waals surface area contributed by atoms with Gasteiger partial charge in [-0.1, -0.05) is 19.1 Å². The molecule has 2 fully saturated rings. The van der Waals surface area contributed by atoms with Crippen LogP contribution in [-0.4, -0.2) is 52.5 Å². The van der Waals surface area contributed by atoms with Gasteiger partial charge < -0.3 is 14.4 Å². The van der Waals surface area contributed by atoms with Crippen molar-refractivity contribution in [3.05, 3.63) is 35.5 Å². The molecular weight excluding hydrogens is 382 g/mol. The lowest BCUT2D eigenvalue weighted by Crippen LogP contribution is -2.53. The molecule has 2 aromatic rings. The van der Waals surface area contributed by atoms with Gasteiger partial charge in [-0.15, -0.1) is 0 Å². The molecule has 1 saturated heterocycles. The molecular formula is C27H39N3O. The van der Waals surface area contributed by atoms with Gasteiger partial charge in [-0.3, -0.25) is 4.79 Å². The van der Waals surface area contributed by atoms with Crippen molar-refractivity contribution in [2.75, 3.05) is 20.1 Å². The number of hydrogen-bond donors (Lipinski definition) is 0. The Morgan fingerprint density at radius 2 is 2.03 bits per heavy atom. The average Bonchev–Trinajstić information content (AvgIpc) is 3.34. The molecule has 168 valence electrons. The summed E-state index contributed by atoms with van der Waals surface area (Å²) in [6.45, 7) is 10.8. The second kappa shape index (κ2) is 7.95. The number of hydrogen-bond acceptors (Lipinski definition) is 2. The van der Waals surface area contributed by atoms with Gasteiger partial charge >= 0.3 is 0 Å². The highest BCUT2D eigenvalue weighted by Crippen LogP contribution is 2.46. The molecule has 3 unspecified atom stereocenters. The van der Waals surface area contributed by atoms with Gasteiger partial charge in [0.1, 0.15) is 0 Å². The highest BCUT2D eigenvalue weighted by molar-refractivity contribution is 5.89. The number of piperidine rings is 1. The Kier molecular flexibility index (Phi) is 5.40. The van der Waals surface area contributed by atoms with Gasteiger partial charge in [0, 0.05) is 54.2 Å². The lowest BCUT2D eigenvalue weighted by atomic mass is 9.72. The van der Waals surface area contributed by atoms with Gasteiger partial charge in [-0.05, 0) is 83.0 Å². The molecule has 1 aromatic heterocycles. The molecule has 5 atom stereocenters. The van der Waals surface area contributed by atoms with Crippen molar-refractivity contribution in [2.45, 2.75) is 83.8 Å². The van der Waals surface area contributed by atoms with Crippen molar-refractivity contribution in [3.8, 4) is 0 Å². The second-order valence-electron chi connectivity index (χ2n) is 10.8. The molecule has 3 aliphatic rings. The Morgan fingerprint density at radius 3 is 2.71 bits per heavy atom. The molecule has 0 N–H and O–H groups in total. The fourth-order valence-corrected chi connectivity index (χ4v) is 6.97. The van der Waals surface area contributed by atoms with Crippen LogP contribution < -0.4 is 0 Å².